The zero-order valence-electron chi connectivity index (χ0n) is 16.1. The van der Waals surface area contributed by atoms with Gasteiger partial charge in [-0.15, -0.1) is 0 Å². The quantitative estimate of drug-likeness (QED) is 0.606. The Morgan fingerprint density at radius 1 is 1.33 bits per heavy atom. The molecule has 1 amide bonds. The fraction of sp³-hybridized carbons (Fsp3) is 0.667. The molecule has 1 aromatic heterocycles. The van der Waals surface area contributed by atoms with Crippen molar-refractivity contribution in [3.63, 3.8) is 0 Å². The van der Waals surface area contributed by atoms with Gasteiger partial charge < -0.3 is 10.2 Å². The number of carbonyl (C=O) groups excluding carboxylic acids is 1. The monoisotopic (exact) mass is 414 g/mol. The van der Waals surface area contributed by atoms with E-state index in [0.717, 1.165) is 37.3 Å². The number of nitrogens with zero attached hydrogens (tertiary/aromatic N) is 2. The van der Waals surface area contributed by atoms with Gasteiger partial charge in [0.15, 0.2) is 0 Å². The van der Waals surface area contributed by atoms with E-state index in [-0.39, 0.29) is 11.7 Å². The molecule has 2 rings (SSSR count). The first kappa shape index (κ1) is 22.0. The Kier molecular flexibility index (Phi) is 8.85. The number of anilines is 1. The van der Waals surface area contributed by atoms with Gasteiger partial charge >= 0.3 is 0 Å². The van der Waals surface area contributed by atoms with Crippen LogP contribution in [0.4, 0.5) is 5.82 Å². The van der Waals surface area contributed by atoms with Gasteiger partial charge in [-0.1, -0.05) is 6.07 Å². The average molecular weight is 415 g/mol. The number of hydrogen-bond acceptors (Lipinski definition) is 6. The van der Waals surface area contributed by atoms with Gasteiger partial charge in [0, 0.05) is 31.4 Å². The summed E-state index contributed by atoms with van der Waals surface area (Å²) in [6.07, 6.45) is 7.70. The van der Waals surface area contributed by atoms with Crippen LogP contribution in [0, 0.1) is 0 Å². The molecular formula is C18H30N4O3S2. The molecule has 1 aromatic rings. The minimum atomic E-state index is -3.44. The van der Waals surface area contributed by atoms with Gasteiger partial charge in [-0.25, -0.2) is 18.1 Å². The lowest BCUT2D eigenvalue weighted by Gasteiger charge is -2.29. The van der Waals surface area contributed by atoms with Gasteiger partial charge in [-0.2, -0.15) is 11.8 Å². The van der Waals surface area contributed by atoms with E-state index in [2.05, 4.69) is 19.9 Å². The lowest BCUT2D eigenvalue weighted by Crippen LogP contribution is -2.47. The number of piperidine rings is 1. The Bertz CT molecular complexity index is 706. The average Bonchev–Trinajstić information content (AvgIpc) is 2.70. The fourth-order valence-corrected chi connectivity index (χ4v) is 4.34. The van der Waals surface area contributed by atoms with Crippen molar-refractivity contribution in [1.82, 2.24) is 15.0 Å². The summed E-state index contributed by atoms with van der Waals surface area (Å²) in [5, 5.41) is 2.89. The molecule has 1 fully saturated rings. The highest BCUT2D eigenvalue weighted by Crippen LogP contribution is 2.21. The van der Waals surface area contributed by atoms with Crippen LogP contribution in [0.15, 0.2) is 18.3 Å². The third-order valence-corrected chi connectivity index (χ3v) is 6.65. The lowest BCUT2D eigenvalue weighted by molar-refractivity contribution is -0.122. The van der Waals surface area contributed by atoms with Crippen molar-refractivity contribution in [2.75, 3.05) is 35.8 Å². The number of hydrogen-bond donors (Lipinski definition) is 2. The number of nitrogens with one attached hydrogen (secondary N) is 2. The number of aromatic nitrogens is 1. The third-order valence-electron chi connectivity index (χ3n) is 4.61. The Morgan fingerprint density at radius 3 is 2.74 bits per heavy atom. The topological polar surface area (TPSA) is 91.4 Å². The number of carbonyl (C=O) groups is 1. The van der Waals surface area contributed by atoms with Crippen molar-refractivity contribution in [1.29, 1.82) is 0 Å². The molecule has 0 radical (unpaired) electrons. The number of amides is 1. The van der Waals surface area contributed by atoms with Gasteiger partial charge in [-0.3, -0.25) is 4.79 Å². The first-order valence-corrected chi connectivity index (χ1v) is 12.5. The van der Waals surface area contributed by atoms with Crippen LogP contribution in [0.2, 0.25) is 0 Å². The van der Waals surface area contributed by atoms with E-state index in [1.54, 1.807) is 24.9 Å². The number of thioether (sulfide) groups is 1. The maximum Gasteiger partial charge on any atom is 0.238 e. The first-order chi connectivity index (χ1) is 13.0. The van der Waals surface area contributed by atoms with Crippen molar-refractivity contribution in [3.05, 3.63) is 23.9 Å². The molecule has 0 bridgehead atoms. The highest BCUT2D eigenvalue weighted by atomic mass is 32.2. The summed E-state index contributed by atoms with van der Waals surface area (Å²) in [7, 11) is -3.44. The largest absolute Gasteiger partial charge is 0.356 e. The van der Waals surface area contributed by atoms with E-state index < -0.39 is 16.1 Å². The molecule has 0 saturated carbocycles. The lowest BCUT2D eigenvalue weighted by atomic mass is 10.1. The van der Waals surface area contributed by atoms with Gasteiger partial charge in [-0.05, 0) is 50.7 Å². The molecule has 0 aliphatic carbocycles. The summed E-state index contributed by atoms with van der Waals surface area (Å²) in [4.78, 5) is 19.4. The minimum Gasteiger partial charge on any atom is -0.356 e. The molecule has 27 heavy (non-hydrogen) atoms. The highest BCUT2D eigenvalue weighted by molar-refractivity contribution is 7.98. The molecule has 152 valence electrons. The zero-order chi connectivity index (χ0) is 19.7. The van der Waals surface area contributed by atoms with Crippen LogP contribution in [0.25, 0.3) is 0 Å². The minimum absolute atomic E-state index is 0.0439. The van der Waals surface area contributed by atoms with Gasteiger partial charge in [0.05, 0.1) is 5.75 Å². The SMILES string of the molecule is CCS(=O)(=O)NC(CCSC)C(=O)NCc1cccnc1N1CCCCC1. The van der Waals surface area contributed by atoms with E-state index in [4.69, 9.17) is 0 Å². The predicted octanol–water partition coefficient (Wildman–Crippen LogP) is 1.75. The normalized spacial score (nSPS) is 16.1. The smallest absolute Gasteiger partial charge is 0.238 e. The summed E-state index contributed by atoms with van der Waals surface area (Å²) in [6, 6.07) is 3.07. The maximum absolute atomic E-state index is 12.6. The Balaban J connectivity index is 2.03. The van der Waals surface area contributed by atoms with Crippen molar-refractivity contribution in [3.8, 4) is 0 Å². The van der Waals surface area contributed by atoms with Gasteiger partial charge in [0.1, 0.15) is 11.9 Å². The van der Waals surface area contributed by atoms with Crippen molar-refractivity contribution < 1.29 is 13.2 Å². The van der Waals surface area contributed by atoms with Crippen LogP contribution < -0.4 is 14.9 Å². The number of pyridine rings is 1. The Morgan fingerprint density at radius 2 is 2.07 bits per heavy atom. The van der Waals surface area contributed by atoms with E-state index in [9.17, 15) is 13.2 Å². The predicted molar refractivity (Wildman–Crippen MR) is 112 cm³/mol. The van der Waals surface area contributed by atoms with Gasteiger partial charge in [0.25, 0.3) is 0 Å². The van der Waals surface area contributed by atoms with Crippen LogP contribution in [0.1, 0.15) is 38.2 Å². The summed E-state index contributed by atoms with van der Waals surface area (Å²) >= 11 is 1.59. The molecule has 0 spiro atoms. The second-order valence-electron chi connectivity index (χ2n) is 6.61. The first-order valence-electron chi connectivity index (χ1n) is 9.42. The molecule has 1 aliphatic rings. The van der Waals surface area contributed by atoms with Crippen LogP contribution in [0.5, 0.6) is 0 Å². The van der Waals surface area contributed by atoms with Crippen LogP contribution in [-0.2, 0) is 21.4 Å². The molecule has 9 heteroatoms. The Labute approximate surface area is 166 Å². The molecule has 1 unspecified atom stereocenters. The second kappa shape index (κ2) is 10.9. The van der Waals surface area contributed by atoms with Crippen molar-refractivity contribution >= 4 is 33.5 Å². The molecule has 7 nitrogen and oxygen atoms in total. The third kappa shape index (κ3) is 6.97. The molecule has 1 atom stereocenters. The summed E-state index contributed by atoms with van der Waals surface area (Å²) in [6.45, 7) is 3.85. The zero-order valence-corrected chi connectivity index (χ0v) is 17.7. The second-order valence-corrected chi connectivity index (χ2v) is 9.64. The Hall–Kier alpha value is -1.32. The molecule has 2 N–H and O–H groups in total. The van der Waals surface area contributed by atoms with E-state index >= 15 is 0 Å². The van der Waals surface area contributed by atoms with Crippen molar-refractivity contribution in [2.45, 2.75) is 45.2 Å². The van der Waals surface area contributed by atoms with E-state index in [1.165, 1.54) is 6.42 Å². The maximum atomic E-state index is 12.6. The van der Waals surface area contributed by atoms with Crippen LogP contribution >= 0.6 is 11.8 Å². The standard InChI is InChI=1S/C18H30N4O3S2/c1-3-27(24,25)21-16(9-13-26-2)18(23)20-14-15-8-7-10-19-17(15)22-11-5-4-6-12-22/h7-8,10,16,21H,3-6,9,11-14H2,1-2H3,(H,20,23). The van der Waals surface area contributed by atoms with Crippen LogP contribution in [-0.4, -0.2) is 56.2 Å². The highest BCUT2D eigenvalue weighted by Gasteiger charge is 2.23. The molecule has 0 aromatic carbocycles. The van der Waals surface area contributed by atoms with Crippen LogP contribution in [0.3, 0.4) is 0 Å². The van der Waals surface area contributed by atoms with E-state index in [1.807, 2.05) is 18.4 Å². The summed E-state index contributed by atoms with van der Waals surface area (Å²) in [5.74, 6) is 1.27. The summed E-state index contributed by atoms with van der Waals surface area (Å²) < 4.78 is 26.3. The molecule has 1 aliphatic heterocycles. The number of sulfonamides is 1. The number of rotatable bonds is 10. The van der Waals surface area contributed by atoms with Crippen molar-refractivity contribution in [2.24, 2.45) is 0 Å². The molecule has 2 heterocycles. The molecule has 1 saturated heterocycles. The fourth-order valence-electron chi connectivity index (χ4n) is 3.04. The van der Waals surface area contributed by atoms with Gasteiger partial charge in [0.2, 0.25) is 15.9 Å². The molecular weight excluding hydrogens is 384 g/mol. The summed E-state index contributed by atoms with van der Waals surface area (Å²) in [5.41, 5.74) is 0.953. The van der Waals surface area contributed by atoms with E-state index in [0.29, 0.717) is 18.7 Å².